The Kier molecular flexibility index (Phi) is 4.28. The molecular formula is C18H20N4O2. The summed E-state index contributed by atoms with van der Waals surface area (Å²) in [6, 6.07) is 11.9. The van der Waals surface area contributed by atoms with Gasteiger partial charge in [0.2, 0.25) is 0 Å². The first-order chi connectivity index (χ1) is 11.6. The SMILES string of the molecule is COc1ccccc1C1(C#N)CC(Oc2ccnc(NN)c2C)C1. The third-order valence-electron chi connectivity index (χ3n) is 4.57. The van der Waals surface area contributed by atoms with E-state index in [0.29, 0.717) is 18.7 Å². The lowest BCUT2D eigenvalue weighted by Gasteiger charge is -2.43. The zero-order valence-corrected chi connectivity index (χ0v) is 13.7. The predicted molar refractivity (Wildman–Crippen MR) is 90.7 cm³/mol. The smallest absolute Gasteiger partial charge is 0.146 e. The van der Waals surface area contributed by atoms with E-state index < -0.39 is 5.41 Å². The molecule has 1 fully saturated rings. The molecule has 0 spiro atoms. The van der Waals surface area contributed by atoms with Gasteiger partial charge >= 0.3 is 0 Å². The van der Waals surface area contributed by atoms with E-state index in [1.54, 1.807) is 13.3 Å². The van der Waals surface area contributed by atoms with E-state index in [0.717, 1.165) is 22.6 Å². The van der Waals surface area contributed by atoms with E-state index in [4.69, 9.17) is 15.3 Å². The van der Waals surface area contributed by atoms with Crippen LogP contribution in [0.4, 0.5) is 5.82 Å². The maximum atomic E-state index is 9.73. The fraction of sp³-hybridized carbons (Fsp3) is 0.333. The lowest BCUT2D eigenvalue weighted by atomic mass is 9.63. The summed E-state index contributed by atoms with van der Waals surface area (Å²) >= 11 is 0. The molecule has 0 unspecified atom stereocenters. The van der Waals surface area contributed by atoms with Gasteiger partial charge in [-0.1, -0.05) is 18.2 Å². The number of pyridine rings is 1. The molecule has 0 atom stereocenters. The van der Waals surface area contributed by atoms with Crippen LogP contribution in [0.15, 0.2) is 36.5 Å². The van der Waals surface area contributed by atoms with Crippen molar-refractivity contribution in [2.75, 3.05) is 12.5 Å². The van der Waals surface area contributed by atoms with Gasteiger partial charge in [0.05, 0.1) is 18.6 Å². The van der Waals surface area contributed by atoms with E-state index in [1.807, 2.05) is 37.3 Å². The van der Waals surface area contributed by atoms with Crippen LogP contribution in [0.5, 0.6) is 11.5 Å². The van der Waals surface area contributed by atoms with Gasteiger partial charge in [-0.25, -0.2) is 10.8 Å². The number of nitriles is 1. The quantitative estimate of drug-likeness (QED) is 0.649. The number of nitrogens with one attached hydrogen (secondary N) is 1. The standard InChI is InChI=1S/C18H20N4O2/c1-12-15(7-8-21-17(12)22-20)24-13-9-18(10-13,11-19)14-5-3-4-6-16(14)23-2/h3-8,13H,9-10,20H2,1-2H3,(H,21,22). The Morgan fingerprint density at radius 2 is 2.04 bits per heavy atom. The summed E-state index contributed by atoms with van der Waals surface area (Å²) in [4.78, 5) is 4.14. The Morgan fingerprint density at radius 1 is 1.29 bits per heavy atom. The maximum absolute atomic E-state index is 9.73. The molecule has 3 N–H and O–H groups in total. The highest BCUT2D eigenvalue weighted by Gasteiger charge is 2.49. The van der Waals surface area contributed by atoms with Gasteiger partial charge in [0.1, 0.15) is 23.4 Å². The molecule has 0 radical (unpaired) electrons. The third kappa shape index (κ3) is 2.63. The summed E-state index contributed by atoms with van der Waals surface area (Å²) < 4.78 is 11.5. The summed E-state index contributed by atoms with van der Waals surface area (Å²) in [5.74, 6) is 7.50. The van der Waals surface area contributed by atoms with Crippen LogP contribution < -0.4 is 20.7 Å². The van der Waals surface area contributed by atoms with Crippen molar-refractivity contribution < 1.29 is 9.47 Å². The molecule has 1 saturated carbocycles. The molecule has 1 aromatic carbocycles. The minimum absolute atomic E-state index is 0.0266. The van der Waals surface area contributed by atoms with Crippen LogP contribution in [0.25, 0.3) is 0 Å². The second-order valence-corrected chi connectivity index (χ2v) is 5.97. The zero-order valence-electron chi connectivity index (χ0n) is 13.7. The number of hydrogen-bond donors (Lipinski definition) is 2. The number of hydrogen-bond acceptors (Lipinski definition) is 6. The average molecular weight is 324 g/mol. The Labute approximate surface area is 141 Å². The molecule has 124 valence electrons. The fourth-order valence-electron chi connectivity index (χ4n) is 3.18. The number of para-hydroxylation sites is 1. The normalized spacial score (nSPS) is 22.2. The molecule has 6 heteroatoms. The van der Waals surface area contributed by atoms with E-state index in [9.17, 15) is 5.26 Å². The number of anilines is 1. The fourth-order valence-corrected chi connectivity index (χ4v) is 3.18. The summed E-state index contributed by atoms with van der Waals surface area (Å²) in [7, 11) is 1.62. The number of hydrazine groups is 1. The first kappa shape index (κ1) is 16.1. The zero-order chi connectivity index (χ0) is 17.2. The maximum Gasteiger partial charge on any atom is 0.146 e. The molecule has 0 amide bonds. The molecule has 0 bridgehead atoms. The Bertz CT molecular complexity index is 779. The second kappa shape index (κ2) is 6.38. The molecule has 3 rings (SSSR count). The largest absolute Gasteiger partial charge is 0.496 e. The number of ether oxygens (including phenoxy) is 2. The summed E-state index contributed by atoms with van der Waals surface area (Å²) in [5.41, 5.74) is 3.77. The highest BCUT2D eigenvalue weighted by Crippen LogP contribution is 2.48. The van der Waals surface area contributed by atoms with Gasteiger partial charge < -0.3 is 14.9 Å². The van der Waals surface area contributed by atoms with Gasteiger partial charge in [-0.15, -0.1) is 0 Å². The second-order valence-electron chi connectivity index (χ2n) is 5.97. The molecular weight excluding hydrogens is 304 g/mol. The monoisotopic (exact) mass is 324 g/mol. The summed E-state index contributed by atoms with van der Waals surface area (Å²) in [5, 5.41) is 9.73. The average Bonchev–Trinajstić information content (AvgIpc) is 2.59. The van der Waals surface area contributed by atoms with Crippen molar-refractivity contribution in [2.24, 2.45) is 5.84 Å². The molecule has 6 nitrogen and oxygen atoms in total. The lowest BCUT2D eigenvalue weighted by molar-refractivity contribution is 0.0650. The van der Waals surface area contributed by atoms with Gasteiger partial charge in [0.25, 0.3) is 0 Å². The van der Waals surface area contributed by atoms with Gasteiger partial charge in [-0.3, -0.25) is 0 Å². The predicted octanol–water partition coefficient (Wildman–Crippen LogP) is 2.69. The number of rotatable bonds is 5. The van der Waals surface area contributed by atoms with Gasteiger partial charge in [-0.2, -0.15) is 5.26 Å². The molecule has 24 heavy (non-hydrogen) atoms. The van der Waals surface area contributed by atoms with Crippen molar-refractivity contribution in [1.82, 2.24) is 4.98 Å². The minimum Gasteiger partial charge on any atom is -0.496 e. The molecule has 1 heterocycles. The number of nitrogens with zero attached hydrogens (tertiary/aromatic N) is 2. The van der Waals surface area contributed by atoms with Crippen LogP contribution in [-0.4, -0.2) is 18.2 Å². The van der Waals surface area contributed by atoms with E-state index >= 15 is 0 Å². The summed E-state index contributed by atoms with van der Waals surface area (Å²) in [6.45, 7) is 1.90. The van der Waals surface area contributed by atoms with Crippen molar-refractivity contribution in [3.05, 3.63) is 47.7 Å². The van der Waals surface area contributed by atoms with E-state index in [2.05, 4.69) is 16.5 Å². The van der Waals surface area contributed by atoms with Crippen molar-refractivity contribution >= 4 is 5.82 Å². The lowest BCUT2D eigenvalue weighted by Crippen LogP contribution is -2.46. The first-order valence-electron chi connectivity index (χ1n) is 7.77. The van der Waals surface area contributed by atoms with Gasteiger partial charge in [-0.05, 0) is 19.1 Å². The number of aromatic nitrogens is 1. The van der Waals surface area contributed by atoms with Crippen LogP contribution in [-0.2, 0) is 5.41 Å². The van der Waals surface area contributed by atoms with Crippen LogP contribution >= 0.6 is 0 Å². The van der Waals surface area contributed by atoms with E-state index in [-0.39, 0.29) is 6.10 Å². The molecule has 0 saturated heterocycles. The van der Waals surface area contributed by atoms with Crippen LogP contribution in [0.1, 0.15) is 24.0 Å². The Morgan fingerprint density at radius 3 is 2.71 bits per heavy atom. The van der Waals surface area contributed by atoms with Gasteiger partial charge in [0, 0.05) is 30.2 Å². The minimum atomic E-state index is -0.562. The van der Waals surface area contributed by atoms with Crippen molar-refractivity contribution in [2.45, 2.75) is 31.3 Å². The number of nitrogens with two attached hydrogens (primary N) is 1. The van der Waals surface area contributed by atoms with Crippen molar-refractivity contribution in [1.29, 1.82) is 5.26 Å². The third-order valence-corrected chi connectivity index (χ3v) is 4.57. The van der Waals surface area contributed by atoms with Crippen LogP contribution in [0.2, 0.25) is 0 Å². The van der Waals surface area contributed by atoms with Gasteiger partial charge in [0.15, 0.2) is 0 Å². The number of benzene rings is 1. The highest BCUT2D eigenvalue weighted by atomic mass is 16.5. The van der Waals surface area contributed by atoms with E-state index in [1.165, 1.54) is 0 Å². The summed E-state index contributed by atoms with van der Waals surface area (Å²) in [6.07, 6.45) is 2.86. The topological polar surface area (TPSA) is 93.2 Å². The molecule has 1 aliphatic carbocycles. The molecule has 2 aromatic rings. The molecule has 1 aliphatic rings. The highest BCUT2D eigenvalue weighted by molar-refractivity contribution is 5.50. The van der Waals surface area contributed by atoms with Crippen molar-refractivity contribution in [3.8, 4) is 17.6 Å². The molecule has 1 aromatic heterocycles. The van der Waals surface area contributed by atoms with Crippen molar-refractivity contribution in [3.63, 3.8) is 0 Å². The Hall–Kier alpha value is -2.78. The first-order valence-corrected chi connectivity index (χ1v) is 7.77. The van der Waals surface area contributed by atoms with Crippen LogP contribution in [0.3, 0.4) is 0 Å². The number of methoxy groups -OCH3 is 1. The van der Waals surface area contributed by atoms with Crippen LogP contribution in [0, 0.1) is 18.3 Å². The number of nitrogen functional groups attached to an aromatic ring is 1. The molecule has 0 aliphatic heterocycles. The Balaban J connectivity index is 1.77.